The Hall–Kier alpha value is -3.11. The van der Waals surface area contributed by atoms with Gasteiger partial charge >= 0.3 is 0 Å². The van der Waals surface area contributed by atoms with Crippen LogP contribution in [-0.4, -0.2) is 99.8 Å². The average Bonchev–Trinajstić information content (AvgIpc) is 3.78. The predicted octanol–water partition coefficient (Wildman–Crippen LogP) is 4.22. The molecule has 2 aliphatic heterocycles. The molecule has 258 valence electrons. The number of hydrogen-bond donors (Lipinski definition) is 2. The van der Waals surface area contributed by atoms with Gasteiger partial charge in [-0.05, 0) is 36.1 Å². The third kappa shape index (κ3) is 8.54. The number of aromatic nitrogens is 1. The minimum atomic E-state index is -0.875. The molecule has 2 aromatic carbocycles. The number of β-amino-alcohol motifs (C(OH)–C–C–N with tert-alkyl or cyclic N) is 1. The number of carbonyl (C=O) groups is 3. The van der Waals surface area contributed by atoms with Gasteiger partial charge in [0.15, 0.2) is 0 Å². The number of fused-ring (bicyclic) bond motifs is 1. The average molecular weight is 791 g/mol. The molecule has 3 amide bonds. The monoisotopic (exact) mass is 790 g/mol. The number of aryl methyl sites for hydroxylation is 1. The standard InChI is InChI=1S/C35H43IN4O7S/c1-22(2)31(40-19-26-6-4-5-7-28(26)34(40)43)35(44)39-20-27(41)17-29(39)33(42)37-18-25-9-8-24(32-23(3)38-21-48-32)16-30(25)47-15-14-46-13-12-45-11-10-36/h4-9,16,21-22,27,29,31,41H,10-15,17-20H2,1-3H3,(H,37,42)/t27-,29+,31+/m1/s1. The Kier molecular flexibility index (Phi) is 12.8. The van der Waals surface area contributed by atoms with Gasteiger partial charge in [0.1, 0.15) is 24.4 Å². The minimum absolute atomic E-state index is 0.0233. The number of ether oxygens (including phenoxy) is 3. The van der Waals surface area contributed by atoms with Gasteiger partial charge in [0.2, 0.25) is 11.8 Å². The minimum Gasteiger partial charge on any atom is -0.491 e. The molecule has 2 N–H and O–H groups in total. The highest BCUT2D eigenvalue weighted by atomic mass is 127. The molecule has 3 atom stereocenters. The Bertz CT molecular complexity index is 1580. The van der Waals surface area contributed by atoms with Gasteiger partial charge in [0.25, 0.3) is 5.91 Å². The highest BCUT2D eigenvalue weighted by Gasteiger charge is 2.45. The van der Waals surface area contributed by atoms with Crippen molar-refractivity contribution in [3.8, 4) is 16.2 Å². The number of thiazole rings is 1. The SMILES string of the molecule is Cc1ncsc1-c1ccc(CNC(=O)[C@@H]2C[C@@H](O)CN2C(=O)[C@H](C(C)C)N2Cc3ccccc3C2=O)c(OCCOCCOCCI)c1. The fraction of sp³-hybridized carbons (Fsp3) is 0.486. The molecule has 13 heteroatoms. The number of nitrogens with zero attached hydrogens (tertiary/aromatic N) is 3. The normalized spacial score (nSPS) is 18.0. The van der Waals surface area contributed by atoms with Crippen molar-refractivity contribution in [3.05, 3.63) is 70.4 Å². The van der Waals surface area contributed by atoms with Crippen molar-refractivity contribution < 1.29 is 33.7 Å². The molecule has 0 unspecified atom stereocenters. The first-order chi connectivity index (χ1) is 23.2. The van der Waals surface area contributed by atoms with Crippen LogP contribution in [0, 0.1) is 12.8 Å². The highest BCUT2D eigenvalue weighted by Crippen LogP contribution is 2.33. The van der Waals surface area contributed by atoms with Crippen LogP contribution in [0.4, 0.5) is 0 Å². The Labute approximate surface area is 299 Å². The van der Waals surface area contributed by atoms with Gasteiger partial charge in [-0.1, -0.05) is 66.8 Å². The lowest BCUT2D eigenvalue weighted by molar-refractivity contribution is -0.143. The smallest absolute Gasteiger partial charge is 0.255 e. The number of hydrogen-bond acceptors (Lipinski definition) is 9. The summed E-state index contributed by atoms with van der Waals surface area (Å²) in [5.74, 6) is -0.503. The van der Waals surface area contributed by atoms with Crippen molar-refractivity contribution >= 4 is 51.6 Å². The fourth-order valence-corrected chi connectivity index (χ4v) is 7.31. The molecule has 0 saturated carbocycles. The number of amides is 3. The second kappa shape index (κ2) is 17.0. The van der Waals surface area contributed by atoms with Gasteiger partial charge in [-0.15, -0.1) is 11.3 Å². The number of nitrogens with one attached hydrogen (secondary N) is 1. The van der Waals surface area contributed by atoms with Gasteiger partial charge in [0, 0.05) is 41.6 Å². The van der Waals surface area contributed by atoms with E-state index < -0.39 is 18.2 Å². The van der Waals surface area contributed by atoms with Gasteiger partial charge in [-0.3, -0.25) is 14.4 Å². The Morgan fingerprint density at radius 3 is 2.56 bits per heavy atom. The number of alkyl halides is 1. The predicted molar refractivity (Wildman–Crippen MR) is 191 cm³/mol. The summed E-state index contributed by atoms with van der Waals surface area (Å²) in [6.07, 6.45) is -0.737. The second-order valence-electron chi connectivity index (χ2n) is 12.2. The van der Waals surface area contributed by atoms with Crippen LogP contribution in [0.15, 0.2) is 48.0 Å². The zero-order valence-electron chi connectivity index (χ0n) is 27.5. The molecule has 2 aliphatic rings. The first kappa shape index (κ1) is 36.2. The molecule has 0 aliphatic carbocycles. The van der Waals surface area contributed by atoms with Gasteiger partial charge < -0.3 is 34.4 Å². The van der Waals surface area contributed by atoms with E-state index in [9.17, 15) is 19.5 Å². The van der Waals surface area contributed by atoms with E-state index in [1.807, 2.05) is 57.2 Å². The summed E-state index contributed by atoms with van der Waals surface area (Å²) in [4.78, 5) is 49.5. The van der Waals surface area contributed by atoms with Crippen molar-refractivity contribution in [2.45, 2.75) is 58.5 Å². The zero-order valence-corrected chi connectivity index (χ0v) is 30.5. The summed E-state index contributed by atoms with van der Waals surface area (Å²) in [5.41, 5.74) is 5.91. The molecule has 3 aromatic rings. The van der Waals surface area contributed by atoms with Crippen molar-refractivity contribution in [3.63, 3.8) is 0 Å². The van der Waals surface area contributed by atoms with Crippen LogP contribution in [-0.2, 0) is 32.2 Å². The highest BCUT2D eigenvalue weighted by molar-refractivity contribution is 14.1. The molecule has 1 fully saturated rings. The third-order valence-electron chi connectivity index (χ3n) is 8.54. The van der Waals surface area contributed by atoms with Crippen molar-refractivity contribution in [2.24, 2.45) is 5.92 Å². The number of benzene rings is 2. The van der Waals surface area contributed by atoms with Gasteiger partial charge in [-0.25, -0.2) is 4.98 Å². The number of rotatable bonds is 16. The summed E-state index contributed by atoms with van der Waals surface area (Å²) in [6.45, 7) is 8.63. The molecule has 0 bridgehead atoms. The topological polar surface area (TPSA) is 131 Å². The maximum atomic E-state index is 14.1. The molecule has 1 aromatic heterocycles. The van der Waals surface area contributed by atoms with E-state index in [4.69, 9.17) is 14.2 Å². The summed E-state index contributed by atoms with van der Waals surface area (Å²) in [6, 6.07) is 11.5. The Balaban J connectivity index is 1.26. The Morgan fingerprint density at radius 1 is 1.10 bits per heavy atom. The van der Waals surface area contributed by atoms with Crippen LogP contribution in [0.1, 0.15) is 47.4 Å². The third-order valence-corrected chi connectivity index (χ3v) is 9.96. The van der Waals surface area contributed by atoms with E-state index >= 15 is 0 Å². The van der Waals surface area contributed by atoms with Crippen molar-refractivity contribution in [1.29, 1.82) is 0 Å². The van der Waals surface area contributed by atoms with E-state index in [0.717, 1.165) is 31.7 Å². The molecule has 3 heterocycles. The first-order valence-electron chi connectivity index (χ1n) is 16.2. The molecule has 48 heavy (non-hydrogen) atoms. The summed E-state index contributed by atoms with van der Waals surface area (Å²) >= 11 is 3.81. The van der Waals surface area contributed by atoms with Crippen LogP contribution >= 0.6 is 33.9 Å². The largest absolute Gasteiger partial charge is 0.491 e. The van der Waals surface area contributed by atoms with E-state index in [-0.39, 0.29) is 43.1 Å². The van der Waals surface area contributed by atoms with E-state index in [0.29, 0.717) is 50.9 Å². The van der Waals surface area contributed by atoms with Crippen LogP contribution < -0.4 is 10.1 Å². The molecule has 11 nitrogen and oxygen atoms in total. The molecular formula is C35H43IN4O7S. The van der Waals surface area contributed by atoms with E-state index in [1.54, 1.807) is 27.8 Å². The first-order valence-corrected chi connectivity index (χ1v) is 18.6. The van der Waals surface area contributed by atoms with E-state index in [2.05, 4.69) is 32.9 Å². The summed E-state index contributed by atoms with van der Waals surface area (Å²) < 4.78 is 18.2. The van der Waals surface area contributed by atoms with Gasteiger partial charge in [0.05, 0.1) is 48.6 Å². The quantitative estimate of drug-likeness (QED) is 0.125. The van der Waals surface area contributed by atoms with Crippen LogP contribution in [0.25, 0.3) is 10.4 Å². The number of likely N-dealkylation sites (tertiary alicyclic amines) is 1. The lowest BCUT2D eigenvalue weighted by atomic mass is 10.0. The number of carbonyl (C=O) groups excluding carboxylic acids is 3. The van der Waals surface area contributed by atoms with Crippen LogP contribution in [0.3, 0.4) is 0 Å². The van der Waals surface area contributed by atoms with Gasteiger partial charge in [-0.2, -0.15) is 0 Å². The molecule has 0 spiro atoms. The maximum absolute atomic E-state index is 14.1. The number of halogens is 1. The number of aliphatic hydroxyl groups excluding tert-OH is 1. The maximum Gasteiger partial charge on any atom is 0.255 e. The van der Waals surface area contributed by atoms with Crippen molar-refractivity contribution in [1.82, 2.24) is 20.1 Å². The fourth-order valence-electron chi connectivity index (χ4n) is 6.20. The molecule has 0 radical (unpaired) electrons. The molecule has 1 saturated heterocycles. The van der Waals surface area contributed by atoms with E-state index in [1.165, 1.54) is 4.90 Å². The van der Waals surface area contributed by atoms with Crippen molar-refractivity contribution in [2.75, 3.05) is 44.0 Å². The van der Waals surface area contributed by atoms with Crippen LogP contribution in [0.5, 0.6) is 5.75 Å². The lowest BCUT2D eigenvalue weighted by Gasteiger charge is -2.35. The summed E-state index contributed by atoms with van der Waals surface area (Å²) in [5, 5.41) is 13.6. The molecular weight excluding hydrogens is 747 g/mol. The second-order valence-corrected chi connectivity index (χ2v) is 14.2. The summed E-state index contributed by atoms with van der Waals surface area (Å²) in [7, 11) is 0. The molecule has 5 rings (SSSR count). The Morgan fingerprint density at radius 2 is 1.85 bits per heavy atom. The zero-order chi connectivity index (χ0) is 34.2. The van der Waals surface area contributed by atoms with Crippen LogP contribution in [0.2, 0.25) is 0 Å². The lowest BCUT2D eigenvalue weighted by Crippen LogP contribution is -2.55. The number of aliphatic hydroxyl groups is 1.